The topological polar surface area (TPSA) is 47.9 Å². The van der Waals surface area contributed by atoms with E-state index in [-0.39, 0.29) is 42.8 Å². The fourth-order valence-electron chi connectivity index (χ4n) is 4.68. The summed E-state index contributed by atoms with van der Waals surface area (Å²) in [4.78, 5) is 17.1. The molecule has 1 fully saturated rings. The van der Waals surface area contributed by atoms with Gasteiger partial charge in [-0.05, 0) is 35.8 Å². The van der Waals surface area contributed by atoms with Crippen LogP contribution in [0.3, 0.4) is 0 Å². The molecule has 5 nitrogen and oxygen atoms in total. The van der Waals surface area contributed by atoms with Gasteiger partial charge in [0.25, 0.3) is 5.91 Å². The Morgan fingerprint density at radius 2 is 1.71 bits per heavy atom. The molecule has 0 bridgehead atoms. The van der Waals surface area contributed by atoms with Crippen LogP contribution in [0, 0.1) is 17.0 Å². The molecule has 1 saturated heterocycles. The minimum Gasteiger partial charge on any atom is -0.338 e. The first-order chi connectivity index (χ1) is 16.3. The van der Waals surface area contributed by atoms with Gasteiger partial charge in [0.15, 0.2) is 11.6 Å². The van der Waals surface area contributed by atoms with Gasteiger partial charge < -0.3 is 9.80 Å². The molecule has 1 amide bonds. The van der Waals surface area contributed by atoms with E-state index in [9.17, 15) is 26.7 Å². The van der Waals surface area contributed by atoms with Crippen molar-refractivity contribution in [3.8, 4) is 0 Å². The van der Waals surface area contributed by atoms with Gasteiger partial charge in [0.05, 0.1) is 5.56 Å². The van der Waals surface area contributed by atoms with E-state index in [1.54, 1.807) is 4.90 Å². The number of benzene rings is 1. The number of hydrazone groups is 1. The number of halogens is 5. The Bertz CT molecular complexity index is 975. The van der Waals surface area contributed by atoms with Crippen LogP contribution in [0.15, 0.2) is 29.5 Å². The highest BCUT2D eigenvalue weighted by Crippen LogP contribution is 2.41. The lowest BCUT2D eigenvalue weighted by atomic mass is 9.85. The first kappa shape index (κ1) is 27.1. The Morgan fingerprint density at radius 3 is 2.31 bits per heavy atom. The summed E-state index contributed by atoms with van der Waals surface area (Å²) in [5.74, 6) is -4.31. The second kappa shape index (κ2) is 10.6. The number of hydrogen-bond acceptors (Lipinski definition) is 4. The maximum atomic E-state index is 14.0. The van der Waals surface area contributed by atoms with E-state index in [2.05, 4.69) is 42.8 Å². The third kappa shape index (κ3) is 7.02. The molecule has 2 heterocycles. The van der Waals surface area contributed by atoms with Crippen LogP contribution >= 0.6 is 0 Å². The molecule has 1 aromatic carbocycles. The molecule has 0 atom stereocenters. The van der Waals surface area contributed by atoms with E-state index in [1.807, 2.05) is 0 Å². The molecule has 0 unspecified atom stereocenters. The summed E-state index contributed by atoms with van der Waals surface area (Å²) >= 11 is 0. The molecule has 0 aromatic heterocycles. The Labute approximate surface area is 203 Å². The lowest BCUT2D eigenvalue weighted by Gasteiger charge is -2.34. The average molecular weight is 501 g/mol. The number of nitrogens with zero attached hydrogens (tertiary/aromatic N) is 3. The van der Waals surface area contributed by atoms with Crippen LogP contribution < -0.4 is 5.43 Å². The summed E-state index contributed by atoms with van der Waals surface area (Å²) < 4.78 is 67.9. The number of hydrogen-bond donors (Lipinski definition) is 1. The van der Waals surface area contributed by atoms with E-state index >= 15 is 0 Å². The Morgan fingerprint density at radius 1 is 1.09 bits per heavy atom. The highest BCUT2D eigenvalue weighted by molar-refractivity contribution is 6.38. The second-order valence-corrected chi connectivity index (χ2v) is 10.5. The minimum atomic E-state index is -5.01. The van der Waals surface area contributed by atoms with Crippen molar-refractivity contribution in [1.82, 2.24) is 15.2 Å². The predicted octanol–water partition coefficient (Wildman–Crippen LogP) is 5.29. The van der Waals surface area contributed by atoms with Crippen LogP contribution in [-0.2, 0) is 11.0 Å². The first-order valence-corrected chi connectivity index (χ1v) is 11.8. The van der Waals surface area contributed by atoms with Crippen molar-refractivity contribution in [2.45, 2.75) is 58.5 Å². The summed E-state index contributed by atoms with van der Waals surface area (Å²) in [6.07, 6.45) is -3.46. The van der Waals surface area contributed by atoms with Gasteiger partial charge in [-0.1, -0.05) is 33.4 Å². The molecule has 2 aliphatic heterocycles. The van der Waals surface area contributed by atoms with Crippen molar-refractivity contribution in [2.75, 3.05) is 32.7 Å². The molecule has 3 rings (SSSR count). The minimum absolute atomic E-state index is 0.0844. The second-order valence-electron chi connectivity index (χ2n) is 10.5. The average Bonchev–Trinajstić information content (AvgIpc) is 2.84. The first-order valence-electron chi connectivity index (χ1n) is 11.8. The lowest BCUT2D eigenvalue weighted by molar-refractivity contribution is -0.141. The zero-order valence-electron chi connectivity index (χ0n) is 20.4. The molecule has 0 aliphatic carbocycles. The number of amides is 1. The van der Waals surface area contributed by atoms with Crippen molar-refractivity contribution in [3.05, 3.63) is 47.2 Å². The van der Waals surface area contributed by atoms with Crippen LogP contribution in [0.5, 0.6) is 0 Å². The largest absolute Gasteiger partial charge is 0.419 e. The SMILES string of the molecule is C=C1CCN(CC(C)(C)C)CC/C(C(=O)N2CCC(c3ccc(F)c(F)c3C(F)(F)F)CC2)=N\N1. The molecular weight excluding hydrogens is 467 g/mol. The third-order valence-electron chi connectivity index (χ3n) is 6.32. The van der Waals surface area contributed by atoms with Crippen LogP contribution in [0.2, 0.25) is 0 Å². The van der Waals surface area contributed by atoms with E-state index in [0.29, 0.717) is 30.8 Å². The van der Waals surface area contributed by atoms with Gasteiger partial charge in [0.1, 0.15) is 5.71 Å². The number of likely N-dealkylation sites (tertiary alicyclic amines) is 1. The summed E-state index contributed by atoms with van der Waals surface area (Å²) in [6.45, 7) is 13.1. The molecule has 0 saturated carbocycles. The van der Waals surface area contributed by atoms with Crippen LogP contribution in [0.1, 0.15) is 63.5 Å². The maximum absolute atomic E-state index is 14.0. The van der Waals surface area contributed by atoms with Crippen LogP contribution in [0.4, 0.5) is 22.0 Å². The molecule has 1 aromatic rings. The van der Waals surface area contributed by atoms with Crippen molar-refractivity contribution in [2.24, 2.45) is 10.5 Å². The molecule has 10 heteroatoms. The van der Waals surface area contributed by atoms with Crippen molar-refractivity contribution in [3.63, 3.8) is 0 Å². The van der Waals surface area contributed by atoms with Crippen molar-refractivity contribution < 1.29 is 26.7 Å². The van der Waals surface area contributed by atoms with Gasteiger partial charge >= 0.3 is 6.18 Å². The highest BCUT2D eigenvalue weighted by Gasteiger charge is 2.40. The highest BCUT2D eigenvalue weighted by atomic mass is 19.4. The molecule has 2 aliphatic rings. The fraction of sp³-hybridized carbons (Fsp3) is 0.600. The fourth-order valence-corrected chi connectivity index (χ4v) is 4.68. The van der Waals surface area contributed by atoms with Gasteiger partial charge in [-0.3, -0.25) is 10.2 Å². The molecule has 1 N–H and O–H groups in total. The zero-order valence-corrected chi connectivity index (χ0v) is 20.4. The number of alkyl halides is 3. The summed E-state index contributed by atoms with van der Waals surface area (Å²) in [5, 5.41) is 4.28. The van der Waals surface area contributed by atoms with Crippen LogP contribution in [0.25, 0.3) is 0 Å². The number of carbonyl (C=O) groups excluding carboxylic acids is 1. The van der Waals surface area contributed by atoms with E-state index < -0.39 is 29.3 Å². The number of nitrogens with one attached hydrogen (secondary N) is 1. The van der Waals surface area contributed by atoms with Gasteiger partial charge in [-0.2, -0.15) is 18.3 Å². The monoisotopic (exact) mass is 500 g/mol. The normalized spacial score (nSPS) is 21.0. The molecule has 35 heavy (non-hydrogen) atoms. The van der Waals surface area contributed by atoms with E-state index in [0.717, 1.165) is 25.2 Å². The summed E-state index contributed by atoms with van der Waals surface area (Å²) in [5.41, 5.74) is 2.18. The lowest BCUT2D eigenvalue weighted by Crippen LogP contribution is -2.43. The Balaban J connectivity index is 1.70. The van der Waals surface area contributed by atoms with Gasteiger partial charge in [-0.25, -0.2) is 8.78 Å². The molecule has 0 spiro atoms. The smallest absolute Gasteiger partial charge is 0.338 e. The van der Waals surface area contributed by atoms with Crippen LogP contribution in [-0.4, -0.2) is 54.1 Å². The summed E-state index contributed by atoms with van der Waals surface area (Å²) in [7, 11) is 0. The maximum Gasteiger partial charge on any atom is 0.419 e. The van der Waals surface area contributed by atoms with E-state index in [4.69, 9.17) is 0 Å². The van der Waals surface area contributed by atoms with Crippen molar-refractivity contribution in [1.29, 1.82) is 0 Å². The third-order valence-corrected chi connectivity index (χ3v) is 6.32. The molecule has 194 valence electrons. The Kier molecular flexibility index (Phi) is 8.24. The number of piperidine rings is 1. The van der Waals surface area contributed by atoms with Gasteiger partial charge in [-0.15, -0.1) is 0 Å². The molecule has 0 radical (unpaired) electrons. The van der Waals surface area contributed by atoms with E-state index in [1.165, 1.54) is 0 Å². The number of carbonyl (C=O) groups is 1. The quantitative estimate of drug-likeness (QED) is 0.574. The van der Waals surface area contributed by atoms with Gasteiger partial charge in [0, 0.05) is 51.3 Å². The zero-order chi connectivity index (χ0) is 26.0. The molecular formula is C25H33F5N4O. The predicted molar refractivity (Wildman–Crippen MR) is 125 cm³/mol. The Hall–Kier alpha value is -2.49. The number of rotatable bonds is 3. The summed E-state index contributed by atoms with van der Waals surface area (Å²) in [6, 6.07) is 1.73. The van der Waals surface area contributed by atoms with Crippen molar-refractivity contribution >= 4 is 11.6 Å². The standard InChI is InChI=1S/C25H33F5N4O/c1-16-7-11-33(15-24(2,3)4)12-10-20(32-31-16)23(35)34-13-8-17(9-14-34)18-5-6-19(26)22(27)21(18)25(28,29)30/h5-6,17,31H,1,7-15H2,2-4H3/b32-20+. The van der Waals surface area contributed by atoms with Gasteiger partial charge in [0.2, 0.25) is 0 Å².